The highest BCUT2D eigenvalue weighted by atomic mass is 32.2. The van der Waals surface area contributed by atoms with Crippen LogP contribution in [0.25, 0.3) is 0 Å². The molecule has 0 aliphatic rings. The van der Waals surface area contributed by atoms with Gasteiger partial charge in [0.15, 0.2) is 21.3 Å². The quantitative estimate of drug-likeness (QED) is 0.602. The summed E-state index contributed by atoms with van der Waals surface area (Å²) in [6.45, 7) is 0. The summed E-state index contributed by atoms with van der Waals surface area (Å²) in [4.78, 5) is 23.1. The molecule has 1 N–H and O–H groups in total. The van der Waals surface area contributed by atoms with Crippen LogP contribution in [-0.2, 0) is 9.84 Å². The molecule has 0 atom stereocenters. The van der Waals surface area contributed by atoms with Crippen molar-refractivity contribution < 1.29 is 27.6 Å². The Kier molecular flexibility index (Phi) is 5.46. The fourth-order valence-electron chi connectivity index (χ4n) is 2.19. The highest BCUT2D eigenvalue weighted by Crippen LogP contribution is 2.34. The summed E-state index contributed by atoms with van der Waals surface area (Å²) in [5.41, 5.74) is -0.390. The molecule has 0 radical (unpaired) electrons. The van der Waals surface area contributed by atoms with Crippen molar-refractivity contribution in [1.82, 2.24) is 0 Å². The van der Waals surface area contributed by atoms with Gasteiger partial charge in [-0.1, -0.05) is 0 Å². The Morgan fingerprint density at radius 2 is 1.62 bits per heavy atom. The summed E-state index contributed by atoms with van der Waals surface area (Å²) >= 11 is 0. The molecule has 2 aromatic rings. The van der Waals surface area contributed by atoms with Gasteiger partial charge in [-0.2, -0.15) is 0 Å². The van der Waals surface area contributed by atoms with E-state index in [0.29, 0.717) is 0 Å². The smallest absolute Gasteiger partial charge is 0.286 e. The minimum atomic E-state index is -3.37. The number of anilines is 1. The van der Waals surface area contributed by atoms with Crippen molar-refractivity contribution in [2.45, 2.75) is 4.90 Å². The number of benzene rings is 2. The third-order valence-electron chi connectivity index (χ3n) is 3.48. The molecule has 0 heterocycles. The van der Waals surface area contributed by atoms with Crippen molar-refractivity contribution >= 4 is 27.1 Å². The van der Waals surface area contributed by atoms with Crippen LogP contribution in [0.15, 0.2) is 41.3 Å². The second-order valence-electron chi connectivity index (χ2n) is 5.23. The van der Waals surface area contributed by atoms with Gasteiger partial charge in [0, 0.05) is 18.0 Å². The molecule has 0 spiro atoms. The Morgan fingerprint density at radius 1 is 1.08 bits per heavy atom. The Labute approximate surface area is 149 Å². The van der Waals surface area contributed by atoms with Crippen LogP contribution in [0.2, 0.25) is 0 Å². The Balaban J connectivity index is 2.38. The van der Waals surface area contributed by atoms with Crippen LogP contribution in [0.5, 0.6) is 11.5 Å². The molecule has 0 aliphatic heterocycles. The number of nitro benzene ring substituents is 1. The summed E-state index contributed by atoms with van der Waals surface area (Å²) in [5.74, 6) is -0.464. The van der Waals surface area contributed by atoms with E-state index in [-0.39, 0.29) is 27.6 Å². The molecule has 0 aliphatic carbocycles. The van der Waals surface area contributed by atoms with E-state index < -0.39 is 26.4 Å². The van der Waals surface area contributed by atoms with Crippen LogP contribution in [0.4, 0.5) is 11.4 Å². The molecular formula is C16H16N2O7S. The lowest BCUT2D eigenvalue weighted by Gasteiger charge is -2.11. The van der Waals surface area contributed by atoms with Gasteiger partial charge in [-0.3, -0.25) is 14.9 Å². The number of nitrogens with one attached hydrogen (secondary N) is 1. The first-order valence-corrected chi connectivity index (χ1v) is 9.08. The van der Waals surface area contributed by atoms with Gasteiger partial charge >= 0.3 is 0 Å². The number of nitrogens with zero attached hydrogens (tertiary/aromatic N) is 1. The third kappa shape index (κ3) is 4.09. The lowest BCUT2D eigenvalue weighted by atomic mass is 10.1. The second-order valence-corrected chi connectivity index (χ2v) is 7.25. The molecule has 10 heteroatoms. The molecular weight excluding hydrogens is 364 g/mol. The van der Waals surface area contributed by atoms with Gasteiger partial charge in [0.1, 0.15) is 5.56 Å². The van der Waals surface area contributed by atoms with Crippen LogP contribution in [0, 0.1) is 10.1 Å². The number of methoxy groups -OCH3 is 2. The monoisotopic (exact) mass is 380 g/mol. The van der Waals surface area contributed by atoms with Crippen molar-refractivity contribution in [3.8, 4) is 11.5 Å². The molecule has 0 unspecified atom stereocenters. The maximum absolute atomic E-state index is 12.5. The van der Waals surface area contributed by atoms with Gasteiger partial charge in [0.25, 0.3) is 11.6 Å². The van der Waals surface area contributed by atoms with Crippen molar-refractivity contribution in [2.75, 3.05) is 25.8 Å². The molecule has 2 aromatic carbocycles. The number of amides is 1. The van der Waals surface area contributed by atoms with Crippen molar-refractivity contribution in [3.63, 3.8) is 0 Å². The number of ether oxygens (including phenoxy) is 2. The molecule has 0 saturated heterocycles. The fraction of sp³-hybridized carbons (Fsp3) is 0.188. The number of carbonyl (C=O) groups excluding carboxylic acids is 1. The lowest BCUT2D eigenvalue weighted by molar-refractivity contribution is -0.385. The standard InChI is InChI=1S/C16H16N2O7S/c1-24-14-8-12(13(18(20)21)9-15(14)25-2)16(19)17-10-4-6-11(7-5-10)26(3,22)23/h4-9H,1-3H3,(H,17,19). The second kappa shape index (κ2) is 7.40. The Bertz CT molecular complexity index is 953. The van der Waals surface area contributed by atoms with Crippen LogP contribution in [0.3, 0.4) is 0 Å². The fourth-order valence-corrected chi connectivity index (χ4v) is 2.82. The van der Waals surface area contributed by atoms with Gasteiger partial charge in [-0.25, -0.2) is 8.42 Å². The van der Waals surface area contributed by atoms with E-state index >= 15 is 0 Å². The lowest BCUT2D eigenvalue weighted by Crippen LogP contribution is -2.14. The number of sulfone groups is 1. The predicted octanol–water partition coefficient (Wildman–Crippen LogP) is 2.27. The highest BCUT2D eigenvalue weighted by Gasteiger charge is 2.24. The Morgan fingerprint density at radius 3 is 2.08 bits per heavy atom. The zero-order chi connectivity index (χ0) is 19.5. The zero-order valence-corrected chi connectivity index (χ0v) is 15.0. The minimum absolute atomic E-state index is 0.0904. The van der Waals surface area contributed by atoms with Gasteiger partial charge < -0.3 is 14.8 Å². The minimum Gasteiger partial charge on any atom is -0.493 e. The maximum atomic E-state index is 12.5. The summed E-state index contributed by atoms with van der Waals surface area (Å²) < 4.78 is 33.0. The topological polar surface area (TPSA) is 125 Å². The summed E-state index contributed by atoms with van der Waals surface area (Å²) in [5, 5.41) is 13.8. The number of rotatable bonds is 6. The normalized spacial score (nSPS) is 10.9. The average Bonchev–Trinajstić information content (AvgIpc) is 2.59. The molecule has 0 bridgehead atoms. The van der Waals surface area contributed by atoms with Crippen LogP contribution in [-0.4, -0.2) is 39.7 Å². The van der Waals surface area contributed by atoms with E-state index in [1.165, 1.54) is 44.6 Å². The van der Waals surface area contributed by atoms with E-state index in [0.717, 1.165) is 12.3 Å². The van der Waals surface area contributed by atoms with E-state index in [1.54, 1.807) is 0 Å². The molecule has 9 nitrogen and oxygen atoms in total. The first-order valence-electron chi connectivity index (χ1n) is 7.19. The first kappa shape index (κ1) is 19.2. The van der Waals surface area contributed by atoms with Gasteiger partial charge in [0.05, 0.1) is 30.1 Å². The highest BCUT2D eigenvalue weighted by molar-refractivity contribution is 7.90. The first-order chi connectivity index (χ1) is 12.2. The SMILES string of the molecule is COc1cc(C(=O)Nc2ccc(S(C)(=O)=O)cc2)c([N+](=O)[O-])cc1OC. The number of hydrogen-bond donors (Lipinski definition) is 1. The zero-order valence-electron chi connectivity index (χ0n) is 14.2. The number of carbonyl (C=O) groups is 1. The van der Waals surface area contributed by atoms with E-state index in [2.05, 4.69) is 5.32 Å². The number of hydrogen-bond acceptors (Lipinski definition) is 7. The maximum Gasteiger partial charge on any atom is 0.286 e. The molecule has 0 saturated carbocycles. The Hall–Kier alpha value is -3.14. The molecule has 1 amide bonds. The van der Waals surface area contributed by atoms with Gasteiger partial charge in [-0.15, -0.1) is 0 Å². The molecule has 26 heavy (non-hydrogen) atoms. The summed E-state index contributed by atoms with van der Waals surface area (Å²) in [6.07, 6.45) is 1.06. The van der Waals surface area contributed by atoms with Crippen molar-refractivity contribution in [2.24, 2.45) is 0 Å². The largest absolute Gasteiger partial charge is 0.493 e. The van der Waals surface area contributed by atoms with E-state index in [4.69, 9.17) is 9.47 Å². The van der Waals surface area contributed by atoms with Crippen LogP contribution < -0.4 is 14.8 Å². The summed E-state index contributed by atoms with van der Waals surface area (Å²) in [7, 11) is -0.701. The third-order valence-corrected chi connectivity index (χ3v) is 4.61. The van der Waals surface area contributed by atoms with Crippen molar-refractivity contribution in [1.29, 1.82) is 0 Å². The average molecular weight is 380 g/mol. The summed E-state index contributed by atoms with van der Waals surface area (Å²) in [6, 6.07) is 7.74. The van der Waals surface area contributed by atoms with Crippen molar-refractivity contribution in [3.05, 3.63) is 52.1 Å². The van der Waals surface area contributed by atoms with E-state index in [1.807, 2.05) is 0 Å². The van der Waals surface area contributed by atoms with Crippen LogP contribution >= 0.6 is 0 Å². The molecule has 138 valence electrons. The van der Waals surface area contributed by atoms with Gasteiger partial charge in [0.2, 0.25) is 0 Å². The van der Waals surface area contributed by atoms with Crippen LogP contribution in [0.1, 0.15) is 10.4 Å². The molecule has 0 fully saturated rings. The molecule has 2 rings (SSSR count). The predicted molar refractivity (Wildman–Crippen MR) is 93.7 cm³/mol. The number of nitro groups is 1. The molecule has 0 aromatic heterocycles. The van der Waals surface area contributed by atoms with Gasteiger partial charge in [-0.05, 0) is 24.3 Å². The van der Waals surface area contributed by atoms with E-state index in [9.17, 15) is 23.3 Å².